The first-order valence-electron chi connectivity index (χ1n) is 14.9. The van der Waals surface area contributed by atoms with Crippen LogP contribution in [0.3, 0.4) is 0 Å². The number of carbonyl (C=O) groups excluding carboxylic acids is 4. The van der Waals surface area contributed by atoms with E-state index >= 15 is 0 Å². The summed E-state index contributed by atoms with van der Waals surface area (Å²) >= 11 is 9.93. The van der Waals surface area contributed by atoms with E-state index in [0.29, 0.717) is 23.3 Å². The second kappa shape index (κ2) is 18.5. The summed E-state index contributed by atoms with van der Waals surface area (Å²) in [4.78, 5) is 44.1. The molecule has 1 spiro atoms. The molecule has 47 heavy (non-hydrogen) atoms. The van der Waals surface area contributed by atoms with Crippen molar-refractivity contribution in [3.8, 4) is 17.2 Å². The van der Waals surface area contributed by atoms with Gasteiger partial charge in [-0.25, -0.2) is 0 Å². The van der Waals surface area contributed by atoms with Crippen LogP contribution in [0, 0.1) is 20.8 Å². The Morgan fingerprint density at radius 3 is 1.77 bits per heavy atom. The number of phenolic OH excluding ortho intramolecular Hbond substituents is 2. The molecule has 0 unspecified atom stereocenters. The Morgan fingerprint density at radius 2 is 1.36 bits per heavy atom. The predicted octanol–water partition coefficient (Wildman–Crippen LogP) is 9.14. The van der Waals surface area contributed by atoms with Crippen LogP contribution in [0.5, 0.6) is 17.2 Å². The molecule has 0 aromatic heterocycles. The van der Waals surface area contributed by atoms with Gasteiger partial charge in [0.2, 0.25) is 0 Å². The summed E-state index contributed by atoms with van der Waals surface area (Å²) in [5.41, 5.74) is 4.02. The van der Waals surface area contributed by atoms with E-state index in [1.165, 1.54) is 32.4 Å². The SMILES string of the molecule is CC(=O)c1c(C)cccc1O.CC(=O)c1c(O)ccc(Br)c1C.Cc1c(Br)ccc2c1C(=O)CC1(CCC1)O2.O=C1CCC1.[B]=NS. The molecular formula is C35H39BBr2NO7S. The van der Waals surface area contributed by atoms with Crippen LogP contribution in [0.25, 0.3) is 0 Å². The maximum atomic E-state index is 12.2. The third kappa shape index (κ3) is 11.0. The van der Waals surface area contributed by atoms with E-state index in [1.807, 2.05) is 19.1 Å². The zero-order valence-corrected chi connectivity index (χ0v) is 31.2. The number of nitrogens with zero attached hydrogens (tertiary/aromatic N) is 1. The average molecular weight is 788 g/mol. The molecule has 3 aromatic carbocycles. The van der Waals surface area contributed by atoms with Gasteiger partial charge in [0.25, 0.3) is 0 Å². The van der Waals surface area contributed by atoms with Gasteiger partial charge < -0.3 is 14.9 Å². The van der Waals surface area contributed by atoms with Crippen molar-refractivity contribution in [2.45, 2.75) is 85.2 Å². The molecule has 0 atom stereocenters. The van der Waals surface area contributed by atoms with Crippen LogP contribution >= 0.6 is 44.7 Å². The van der Waals surface area contributed by atoms with Crippen molar-refractivity contribution in [2.24, 2.45) is 4.30 Å². The first-order valence-corrected chi connectivity index (χ1v) is 16.9. The Labute approximate surface area is 299 Å². The molecule has 3 aromatic rings. The molecule has 3 aliphatic rings. The number of thiol groups is 1. The number of Topliss-reactive ketones (excluding diaryl/α,β-unsaturated/α-hetero) is 4. The van der Waals surface area contributed by atoms with Gasteiger partial charge in [-0.15, -0.1) is 0 Å². The molecule has 2 fully saturated rings. The van der Waals surface area contributed by atoms with Crippen molar-refractivity contribution in [1.29, 1.82) is 0 Å². The maximum absolute atomic E-state index is 12.2. The fourth-order valence-electron chi connectivity index (χ4n) is 5.14. The number of phenols is 2. The topological polar surface area (TPSA) is 130 Å². The Balaban J connectivity index is 0.000000223. The van der Waals surface area contributed by atoms with Crippen LogP contribution in [-0.4, -0.2) is 46.6 Å². The van der Waals surface area contributed by atoms with Crippen molar-refractivity contribution in [3.63, 3.8) is 0 Å². The second-order valence-corrected chi connectivity index (χ2v) is 13.4. The molecule has 8 nitrogen and oxygen atoms in total. The average Bonchev–Trinajstić information content (AvgIpc) is 2.96. The van der Waals surface area contributed by atoms with E-state index in [4.69, 9.17) is 4.74 Å². The Bertz CT molecular complexity index is 1630. The number of ether oxygens (including phenoxy) is 1. The fraction of sp³-hybridized carbons (Fsp3) is 0.371. The molecule has 2 N–H and O–H groups in total. The summed E-state index contributed by atoms with van der Waals surface area (Å²) in [6.07, 6.45) is 6.61. The van der Waals surface area contributed by atoms with Gasteiger partial charge in [0.05, 0.1) is 23.1 Å². The van der Waals surface area contributed by atoms with Crippen LogP contribution in [0.1, 0.15) is 107 Å². The third-order valence-electron chi connectivity index (χ3n) is 7.96. The summed E-state index contributed by atoms with van der Waals surface area (Å²) < 4.78 is 10.5. The first-order chi connectivity index (χ1) is 22.1. The van der Waals surface area contributed by atoms with Crippen molar-refractivity contribution in [2.75, 3.05) is 0 Å². The van der Waals surface area contributed by atoms with Gasteiger partial charge >= 0.3 is 24.8 Å². The van der Waals surface area contributed by atoms with Crippen LogP contribution in [0.2, 0.25) is 0 Å². The number of aromatic hydroxyl groups is 2. The summed E-state index contributed by atoms with van der Waals surface area (Å²) in [5, 5.41) is 18.6. The number of ketones is 4. The van der Waals surface area contributed by atoms with E-state index < -0.39 is 0 Å². The molecule has 1 heterocycles. The third-order valence-corrected chi connectivity index (χ3v) is 9.67. The zero-order valence-electron chi connectivity index (χ0n) is 27.2. The Morgan fingerprint density at radius 1 is 0.851 bits per heavy atom. The molecule has 2 saturated carbocycles. The van der Waals surface area contributed by atoms with Gasteiger partial charge in [0.15, 0.2) is 17.3 Å². The molecule has 1 aliphatic heterocycles. The Kier molecular flexibility index (Phi) is 15.7. The fourth-order valence-corrected chi connectivity index (χ4v) is 5.80. The van der Waals surface area contributed by atoms with E-state index in [-0.39, 0.29) is 34.4 Å². The van der Waals surface area contributed by atoms with Gasteiger partial charge in [0, 0.05) is 21.8 Å². The molecule has 2 aliphatic carbocycles. The zero-order chi connectivity index (χ0) is 35.5. The van der Waals surface area contributed by atoms with Gasteiger partial charge in [-0.05, 0) is 107 Å². The predicted molar refractivity (Wildman–Crippen MR) is 194 cm³/mol. The quantitative estimate of drug-likeness (QED) is 0.134. The van der Waals surface area contributed by atoms with Crippen molar-refractivity contribution >= 4 is 75.4 Å². The minimum atomic E-state index is -0.162. The molecule has 0 bridgehead atoms. The molecule has 0 saturated heterocycles. The number of carbonyl (C=O) groups is 4. The normalized spacial score (nSPS) is 14.6. The van der Waals surface area contributed by atoms with Crippen LogP contribution < -0.4 is 4.74 Å². The number of aryl methyl sites for hydroxylation is 1. The molecule has 249 valence electrons. The molecule has 12 heteroatoms. The van der Waals surface area contributed by atoms with Gasteiger partial charge in [0.1, 0.15) is 28.6 Å². The van der Waals surface area contributed by atoms with Crippen LogP contribution in [-0.2, 0) is 4.79 Å². The van der Waals surface area contributed by atoms with E-state index in [9.17, 15) is 29.4 Å². The first kappa shape index (κ1) is 40.1. The Hall–Kier alpha value is -3.09. The number of hydrogen-bond donors (Lipinski definition) is 3. The monoisotopic (exact) mass is 786 g/mol. The number of rotatable bonds is 2. The number of halogens is 2. The van der Waals surface area contributed by atoms with E-state index in [2.05, 4.69) is 56.6 Å². The molecule has 0 amide bonds. The van der Waals surface area contributed by atoms with Gasteiger partial charge in [-0.2, -0.15) is 0 Å². The van der Waals surface area contributed by atoms with Crippen LogP contribution in [0.15, 0.2) is 55.7 Å². The van der Waals surface area contributed by atoms with Crippen molar-refractivity contribution in [3.05, 3.63) is 84.8 Å². The summed E-state index contributed by atoms with van der Waals surface area (Å²) in [5.74, 6) is 1.34. The molecule has 6 rings (SSSR count). The number of benzene rings is 3. The van der Waals surface area contributed by atoms with Gasteiger partial charge in [-0.3, -0.25) is 19.2 Å². The summed E-state index contributed by atoms with van der Waals surface area (Å²) in [6.45, 7) is 8.44. The molecular weight excluding hydrogens is 749 g/mol. The van der Waals surface area contributed by atoms with E-state index in [1.54, 1.807) is 32.0 Å². The molecule has 1 radical (unpaired) electrons. The number of hydrogen-bond acceptors (Lipinski definition) is 9. The summed E-state index contributed by atoms with van der Waals surface area (Å²) in [6, 6.07) is 12.1. The van der Waals surface area contributed by atoms with Crippen molar-refractivity contribution < 1.29 is 34.1 Å². The van der Waals surface area contributed by atoms with Crippen LogP contribution in [0.4, 0.5) is 0 Å². The second-order valence-electron chi connectivity index (χ2n) is 11.4. The summed E-state index contributed by atoms with van der Waals surface area (Å²) in [7, 11) is 4.34. The standard InChI is InChI=1S/C13H13BrO2.C9H9BrO2.C9H10O2.C4H6O.BHNS/c1-8-9(14)3-4-11-12(8)10(15)7-13(16-11)5-2-6-13;1-5-7(10)3-4-8(12)9(5)6(2)11;1-6-4-3-5-8(11)9(6)7(2)10;5-4-2-1-3-4;1-2-3/h3-4H,2,5-7H2,1H3;3-4,12H,1-2H3;3-5,11H,1-2H3;1-3H2;3H. The van der Waals surface area contributed by atoms with E-state index in [0.717, 1.165) is 69.1 Å². The van der Waals surface area contributed by atoms with Gasteiger partial charge in [-0.1, -0.05) is 44.0 Å². The van der Waals surface area contributed by atoms with Crippen molar-refractivity contribution in [1.82, 2.24) is 0 Å². The minimum absolute atomic E-state index is 0.0446. The number of fused-ring (bicyclic) bond motifs is 1.